The molecular weight excluding hydrogens is 316 g/mol. The molecule has 132 valence electrons. The number of pyridine rings is 1. The number of hydrogen-bond donors (Lipinski definition) is 2. The molecule has 6 heteroatoms. The summed E-state index contributed by atoms with van der Waals surface area (Å²) in [5.41, 5.74) is 1.15. The van der Waals surface area contributed by atoms with E-state index in [9.17, 15) is 9.59 Å². The summed E-state index contributed by atoms with van der Waals surface area (Å²) >= 11 is 0. The molecule has 0 aliphatic rings. The van der Waals surface area contributed by atoms with E-state index in [4.69, 9.17) is 0 Å². The molecule has 1 aromatic heterocycles. The number of rotatable bonds is 6. The zero-order chi connectivity index (χ0) is 18.4. The Morgan fingerprint density at radius 1 is 1.00 bits per heavy atom. The van der Waals surface area contributed by atoms with Crippen molar-refractivity contribution in [2.45, 2.75) is 25.9 Å². The molecule has 0 spiro atoms. The van der Waals surface area contributed by atoms with Gasteiger partial charge in [0.25, 0.3) is 5.91 Å². The van der Waals surface area contributed by atoms with E-state index in [0.29, 0.717) is 11.4 Å². The van der Waals surface area contributed by atoms with Gasteiger partial charge in [-0.25, -0.2) is 4.98 Å². The fraction of sp³-hybridized carbons (Fsp3) is 0.316. The van der Waals surface area contributed by atoms with Crippen molar-refractivity contribution in [1.82, 2.24) is 15.6 Å². The molecule has 0 saturated heterocycles. The Bertz CT molecular complexity index is 729. The molecule has 1 heterocycles. The normalized spacial score (nSPS) is 11.7. The van der Waals surface area contributed by atoms with Gasteiger partial charge in [-0.3, -0.25) is 9.59 Å². The zero-order valence-corrected chi connectivity index (χ0v) is 15.0. The lowest BCUT2D eigenvalue weighted by Crippen LogP contribution is -2.43. The summed E-state index contributed by atoms with van der Waals surface area (Å²) < 4.78 is 0. The van der Waals surface area contributed by atoms with E-state index >= 15 is 0 Å². The van der Waals surface area contributed by atoms with Crippen LogP contribution in [0.4, 0.5) is 5.82 Å². The average Bonchev–Trinajstić information content (AvgIpc) is 2.59. The number of carbonyl (C=O) groups is 2. The first-order chi connectivity index (χ1) is 11.9. The quantitative estimate of drug-likeness (QED) is 0.845. The molecular formula is C19H24N4O2. The van der Waals surface area contributed by atoms with Crippen LogP contribution < -0.4 is 15.5 Å². The summed E-state index contributed by atoms with van der Waals surface area (Å²) in [6, 6.07) is 11.8. The van der Waals surface area contributed by atoms with Crippen LogP contribution in [0.3, 0.4) is 0 Å². The fourth-order valence-electron chi connectivity index (χ4n) is 2.45. The minimum Gasteiger partial charge on any atom is -0.362 e. The summed E-state index contributed by atoms with van der Waals surface area (Å²) in [6.45, 7) is 3.76. The Morgan fingerprint density at radius 2 is 1.68 bits per heavy atom. The average molecular weight is 340 g/mol. The third kappa shape index (κ3) is 4.79. The highest BCUT2D eigenvalue weighted by atomic mass is 16.2. The van der Waals surface area contributed by atoms with E-state index in [-0.39, 0.29) is 17.9 Å². The van der Waals surface area contributed by atoms with Crippen LogP contribution in [0.25, 0.3) is 0 Å². The van der Waals surface area contributed by atoms with Gasteiger partial charge in [-0.05, 0) is 31.5 Å². The SMILES string of the molecule is CC(C)NC(=O)[C@@H](NC(=O)c1cccnc1N(C)C)c1ccccc1. The van der Waals surface area contributed by atoms with E-state index in [1.807, 2.05) is 58.3 Å². The van der Waals surface area contributed by atoms with Crippen LogP contribution in [0, 0.1) is 0 Å². The fourth-order valence-corrected chi connectivity index (χ4v) is 2.45. The van der Waals surface area contributed by atoms with Crippen LogP contribution in [0.2, 0.25) is 0 Å². The maximum atomic E-state index is 12.8. The van der Waals surface area contributed by atoms with Gasteiger partial charge in [-0.15, -0.1) is 0 Å². The summed E-state index contributed by atoms with van der Waals surface area (Å²) in [5.74, 6) is -0.0366. The van der Waals surface area contributed by atoms with Gasteiger partial charge >= 0.3 is 0 Å². The zero-order valence-electron chi connectivity index (χ0n) is 15.0. The van der Waals surface area contributed by atoms with Crippen LogP contribution in [-0.2, 0) is 4.79 Å². The third-order valence-electron chi connectivity index (χ3n) is 3.56. The Hall–Kier alpha value is -2.89. The monoisotopic (exact) mass is 340 g/mol. The summed E-state index contributed by atoms with van der Waals surface area (Å²) in [7, 11) is 3.64. The number of carbonyl (C=O) groups excluding carboxylic acids is 2. The molecule has 6 nitrogen and oxygen atoms in total. The number of benzene rings is 1. The number of anilines is 1. The number of nitrogens with one attached hydrogen (secondary N) is 2. The Balaban J connectivity index is 2.31. The van der Waals surface area contributed by atoms with Crippen molar-refractivity contribution in [3.63, 3.8) is 0 Å². The number of amides is 2. The van der Waals surface area contributed by atoms with Gasteiger partial charge in [0, 0.05) is 26.3 Å². The molecule has 2 rings (SSSR count). The van der Waals surface area contributed by atoms with E-state index in [2.05, 4.69) is 15.6 Å². The maximum absolute atomic E-state index is 12.8. The first-order valence-electron chi connectivity index (χ1n) is 8.18. The summed E-state index contributed by atoms with van der Waals surface area (Å²) in [4.78, 5) is 31.4. The van der Waals surface area contributed by atoms with Crippen LogP contribution in [0.5, 0.6) is 0 Å². The van der Waals surface area contributed by atoms with Gasteiger partial charge in [-0.1, -0.05) is 30.3 Å². The lowest BCUT2D eigenvalue weighted by Gasteiger charge is -2.22. The van der Waals surface area contributed by atoms with Crippen molar-refractivity contribution in [1.29, 1.82) is 0 Å². The molecule has 0 saturated carbocycles. The Morgan fingerprint density at radius 3 is 2.28 bits per heavy atom. The highest BCUT2D eigenvalue weighted by Gasteiger charge is 2.25. The summed E-state index contributed by atoms with van der Waals surface area (Å²) in [5, 5.41) is 5.69. The lowest BCUT2D eigenvalue weighted by atomic mass is 10.0. The summed E-state index contributed by atoms with van der Waals surface area (Å²) in [6.07, 6.45) is 1.63. The van der Waals surface area contributed by atoms with Crippen molar-refractivity contribution in [3.8, 4) is 0 Å². The first-order valence-corrected chi connectivity index (χ1v) is 8.18. The van der Waals surface area contributed by atoms with Gasteiger partial charge in [0.05, 0.1) is 5.56 Å². The Kier molecular flexibility index (Phi) is 6.11. The minimum atomic E-state index is -0.772. The molecule has 0 radical (unpaired) electrons. The second-order valence-corrected chi connectivity index (χ2v) is 6.25. The van der Waals surface area contributed by atoms with Crippen LogP contribution in [0.15, 0.2) is 48.7 Å². The van der Waals surface area contributed by atoms with Crippen molar-refractivity contribution in [2.24, 2.45) is 0 Å². The third-order valence-corrected chi connectivity index (χ3v) is 3.56. The minimum absolute atomic E-state index is 0.0219. The second-order valence-electron chi connectivity index (χ2n) is 6.25. The highest BCUT2D eigenvalue weighted by molar-refractivity contribution is 6.01. The number of nitrogens with zero attached hydrogens (tertiary/aromatic N) is 2. The van der Waals surface area contributed by atoms with Crippen molar-refractivity contribution >= 4 is 17.6 Å². The van der Waals surface area contributed by atoms with Crippen molar-refractivity contribution in [3.05, 3.63) is 59.8 Å². The predicted octanol–water partition coefficient (Wildman–Crippen LogP) is 2.14. The smallest absolute Gasteiger partial charge is 0.255 e. The Labute approximate surface area is 148 Å². The molecule has 25 heavy (non-hydrogen) atoms. The van der Waals surface area contributed by atoms with Gasteiger partial charge in [0.15, 0.2) is 0 Å². The van der Waals surface area contributed by atoms with Gasteiger partial charge < -0.3 is 15.5 Å². The molecule has 0 unspecified atom stereocenters. The predicted molar refractivity (Wildman–Crippen MR) is 98.5 cm³/mol. The molecule has 0 aliphatic heterocycles. The molecule has 0 bridgehead atoms. The second kappa shape index (κ2) is 8.28. The molecule has 0 aliphatic carbocycles. The largest absolute Gasteiger partial charge is 0.362 e. The van der Waals surface area contributed by atoms with E-state index in [0.717, 1.165) is 5.56 Å². The molecule has 2 amide bonds. The lowest BCUT2D eigenvalue weighted by molar-refractivity contribution is -0.123. The van der Waals surface area contributed by atoms with Crippen LogP contribution >= 0.6 is 0 Å². The standard InChI is InChI=1S/C19H24N4O2/c1-13(2)21-19(25)16(14-9-6-5-7-10-14)22-18(24)15-11-8-12-20-17(15)23(3)4/h5-13,16H,1-4H3,(H,21,25)(H,22,24)/t16-/m0/s1. The topological polar surface area (TPSA) is 74.3 Å². The van der Waals surface area contributed by atoms with E-state index in [1.165, 1.54) is 0 Å². The maximum Gasteiger partial charge on any atom is 0.255 e. The van der Waals surface area contributed by atoms with Crippen LogP contribution in [0.1, 0.15) is 35.8 Å². The molecule has 1 atom stereocenters. The number of hydrogen-bond acceptors (Lipinski definition) is 4. The van der Waals surface area contributed by atoms with E-state index in [1.54, 1.807) is 23.2 Å². The molecule has 1 aromatic carbocycles. The molecule has 2 N–H and O–H groups in total. The van der Waals surface area contributed by atoms with Crippen molar-refractivity contribution < 1.29 is 9.59 Å². The molecule has 2 aromatic rings. The molecule has 0 fully saturated rings. The van der Waals surface area contributed by atoms with Crippen molar-refractivity contribution in [2.75, 3.05) is 19.0 Å². The van der Waals surface area contributed by atoms with E-state index < -0.39 is 6.04 Å². The van der Waals surface area contributed by atoms with Gasteiger partial charge in [0.2, 0.25) is 5.91 Å². The first kappa shape index (κ1) is 18.4. The van der Waals surface area contributed by atoms with Crippen LogP contribution in [-0.4, -0.2) is 36.9 Å². The van der Waals surface area contributed by atoms with Gasteiger partial charge in [-0.2, -0.15) is 0 Å². The van der Waals surface area contributed by atoms with Gasteiger partial charge in [0.1, 0.15) is 11.9 Å². The highest BCUT2D eigenvalue weighted by Crippen LogP contribution is 2.18. The number of aromatic nitrogens is 1.